The summed E-state index contributed by atoms with van der Waals surface area (Å²) >= 11 is 1.46. The lowest BCUT2D eigenvalue weighted by Gasteiger charge is -2.20. The second-order valence-electron chi connectivity index (χ2n) is 7.20. The molecule has 1 N–H and O–H groups in total. The number of aromatic nitrogens is 1. The van der Waals surface area contributed by atoms with Crippen LogP contribution in [-0.4, -0.2) is 10.7 Å². The van der Waals surface area contributed by atoms with Crippen molar-refractivity contribution < 1.29 is 17.6 Å². The minimum Gasteiger partial charge on any atom is -0.449 e. The highest BCUT2D eigenvalue weighted by Gasteiger charge is 2.32. The van der Waals surface area contributed by atoms with Crippen molar-refractivity contribution in [3.05, 3.63) is 62.6 Å². The van der Waals surface area contributed by atoms with Crippen LogP contribution in [0.4, 0.5) is 18.9 Å². The van der Waals surface area contributed by atoms with Crippen molar-refractivity contribution in [2.24, 2.45) is 0 Å². The van der Waals surface area contributed by atoms with Gasteiger partial charge in [0.1, 0.15) is 11.3 Å². The summed E-state index contributed by atoms with van der Waals surface area (Å²) in [5, 5.41) is 4.29. The van der Waals surface area contributed by atoms with Crippen LogP contribution >= 0.6 is 11.8 Å². The third-order valence-corrected chi connectivity index (χ3v) is 5.78. The first-order valence-electron chi connectivity index (χ1n) is 9.55. The summed E-state index contributed by atoms with van der Waals surface area (Å²) in [6.45, 7) is 9.03. The molecule has 0 aliphatic heterocycles. The molecule has 4 nitrogen and oxygen atoms in total. The zero-order valence-corrected chi connectivity index (χ0v) is 18.2. The lowest BCUT2D eigenvalue weighted by atomic mass is 10.0. The Morgan fingerprint density at radius 1 is 1.20 bits per heavy atom. The first-order valence-corrected chi connectivity index (χ1v) is 10.5. The van der Waals surface area contributed by atoms with Crippen LogP contribution in [0.3, 0.4) is 0 Å². The zero-order valence-electron chi connectivity index (χ0n) is 17.4. The number of rotatable bonds is 5. The number of nitrogens with one attached hydrogen (secondary N) is 1. The number of hydrogen-bond donors (Lipinski definition) is 1. The van der Waals surface area contributed by atoms with E-state index in [2.05, 4.69) is 10.3 Å². The Hall–Kier alpha value is -2.48. The Kier molecular flexibility index (Phi) is 6.17. The van der Waals surface area contributed by atoms with Gasteiger partial charge in [-0.1, -0.05) is 24.8 Å². The van der Waals surface area contributed by atoms with Crippen LogP contribution in [0.1, 0.15) is 48.0 Å². The van der Waals surface area contributed by atoms with Gasteiger partial charge in [0.25, 0.3) is 0 Å². The molecule has 1 aromatic carbocycles. The van der Waals surface area contributed by atoms with Gasteiger partial charge in [0, 0.05) is 11.1 Å². The summed E-state index contributed by atoms with van der Waals surface area (Å²) < 4.78 is 44.8. The van der Waals surface area contributed by atoms with Crippen LogP contribution in [0.15, 0.2) is 38.6 Å². The summed E-state index contributed by atoms with van der Waals surface area (Å²) in [6.07, 6.45) is -4.49. The second-order valence-corrected chi connectivity index (χ2v) is 8.44. The van der Waals surface area contributed by atoms with E-state index in [9.17, 15) is 18.0 Å². The highest BCUT2D eigenvalue weighted by Crippen LogP contribution is 2.33. The number of halogens is 3. The summed E-state index contributed by atoms with van der Waals surface area (Å²) in [5.41, 5.74) is 2.46. The number of alkyl halides is 3. The predicted molar refractivity (Wildman–Crippen MR) is 114 cm³/mol. The van der Waals surface area contributed by atoms with Crippen molar-refractivity contribution >= 4 is 28.4 Å². The van der Waals surface area contributed by atoms with Crippen molar-refractivity contribution in [2.75, 3.05) is 11.1 Å². The molecule has 8 heteroatoms. The van der Waals surface area contributed by atoms with Crippen molar-refractivity contribution in [2.45, 2.75) is 51.9 Å². The first-order chi connectivity index (χ1) is 14.0. The molecule has 2 heterocycles. The maximum absolute atomic E-state index is 12.9. The van der Waals surface area contributed by atoms with Crippen LogP contribution in [0, 0.1) is 20.8 Å². The first kappa shape index (κ1) is 22.2. The molecule has 3 aromatic rings. The van der Waals surface area contributed by atoms with E-state index in [0.717, 1.165) is 22.9 Å². The van der Waals surface area contributed by atoms with E-state index in [-0.39, 0.29) is 17.2 Å². The number of nitrogens with zero attached hydrogens (tertiary/aromatic N) is 1. The third-order valence-electron chi connectivity index (χ3n) is 4.84. The smallest absolute Gasteiger partial charge is 0.433 e. The molecule has 0 spiro atoms. The number of anilines is 1. The molecule has 30 heavy (non-hydrogen) atoms. The SMILES string of the molecule is CCSc1oc2c([C@@H](C)Nc3ccc(C(F)(F)F)nc3C)cc(C)cc2c(=O)c1C. The van der Waals surface area contributed by atoms with Crippen molar-refractivity contribution in [3.63, 3.8) is 0 Å². The number of benzene rings is 1. The Morgan fingerprint density at radius 2 is 1.90 bits per heavy atom. The van der Waals surface area contributed by atoms with Crippen molar-refractivity contribution in [1.29, 1.82) is 0 Å². The van der Waals surface area contributed by atoms with Gasteiger partial charge in [-0.2, -0.15) is 13.2 Å². The number of pyridine rings is 1. The van der Waals surface area contributed by atoms with Gasteiger partial charge < -0.3 is 9.73 Å². The minimum atomic E-state index is -4.49. The fraction of sp³-hybridized carbons (Fsp3) is 0.364. The fourth-order valence-electron chi connectivity index (χ4n) is 3.32. The lowest BCUT2D eigenvalue weighted by Crippen LogP contribution is -2.14. The molecular formula is C22H23F3N2O2S. The molecule has 0 saturated heterocycles. The standard InChI is InChI=1S/C22H23F3N2O2S/c1-6-30-21-12(3)19(28)16-10-11(2)9-15(20(16)29-21)13(4)26-17-7-8-18(22(23,24)25)27-14(17)5/h7-10,13,26H,6H2,1-5H3/t13-/m1/s1. The lowest BCUT2D eigenvalue weighted by molar-refractivity contribution is -0.141. The average molecular weight is 436 g/mol. The van der Waals surface area contributed by atoms with Gasteiger partial charge in [0.15, 0.2) is 10.5 Å². The summed E-state index contributed by atoms with van der Waals surface area (Å²) in [5.74, 6) is 0.765. The highest BCUT2D eigenvalue weighted by atomic mass is 32.2. The van der Waals surface area contributed by atoms with Crippen LogP contribution in [0.2, 0.25) is 0 Å². The molecule has 0 aliphatic carbocycles. The van der Waals surface area contributed by atoms with Gasteiger partial charge in [0.2, 0.25) is 0 Å². The van der Waals surface area contributed by atoms with E-state index in [1.165, 1.54) is 24.8 Å². The molecule has 0 radical (unpaired) electrons. The van der Waals surface area contributed by atoms with E-state index in [4.69, 9.17) is 4.42 Å². The summed E-state index contributed by atoms with van der Waals surface area (Å²) in [4.78, 5) is 16.6. The number of thioether (sulfide) groups is 1. The Bertz CT molecular complexity index is 1160. The van der Waals surface area contributed by atoms with E-state index in [1.807, 2.05) is 26.8 Å². The second kappa shape index (κ2) is 8.34. The average Bonchev–Trinajstić information content (AvgIpc) is 2.66. The molecule has 3 rings (SSSR count). The van der Waals surface area contributed by atoms with Crippen LogP contribution in [-0.2, 0) is 6.18 Å². The number of aryl methyl sites for hydroxylation is 2. The molecule has 0 bridgehead atoms. The quantitative estimate of drug-likeness (QED) is 0.468. The van der Waals surface area contributed by atoms with Gasteiger partial charge >= 0.3 is 6.18 Å². The van der Waals surface area contributed by atoms with Gasteiger partial charge in [-0.3, -0.25) is 4.79 Å². The van der Waals surface area contributed by atoms with E-state index < -0.39 is 11.9 Å². The summed E-state index contributed by atoms with van der Waals surface area (Å²) in [7, 11) is 0. The van der Waals surface area contributed by atoms with E-state index >= 15 is 0 Å². The Balaban J connectivity index is 2.07. The molecule has 160 valence electrons. The van der Waals surface area contributed by atoms with Crippen molar-refractivity contribution in [1.82, 2.24) is 4.98 Å². The number of fused-ring (bicyclic) bond motifs is 1. The van der Waals surface area contributed by atoms with Gasteiger partial charge in [-0.05, 0) is 57.2 Å². The molecule has 0 amide bonds. The molecular weight excluding hydrogens is 413 g/mol. The largest absolute Gasteiger partial charge is 0.449 e. The van der Waals surface area contributed by atoms with Gasteiger partial charge in [-0.25, -0.2) is 4.98 Å². The van der Waals surface area contributed by atoms with Crippen molar-refractivity contribution in [3.8, 4) is 0 Å². The molecule has 1 atom stereocenters. The third kappa shape index (κ3) is 4.33. The minimum absolute atomic E-state index is 0.0725. The zero-order chi connectivity index (χ0) is 22.2. The van der Waals surface area contributed by atoms with Crippen LogP contribution in [0.5, 0.6) is 0 Å². The fourth-order valence-corrected chi connectivity index (χ4v) is 4.03. The predicted octanol–water partition coefficient (Wildman–Crippen LogP) is 6.42. The van der Waals surface area contributed by atoms with E-state index in [1.54, 1.807) is 13.0 Å². The Morgan fingerprint density at radius 3 is 2.50 bits per heavy atom. The molecule has 0 saturated carbocycles. The van der Waals surface area contributed by atoms with Gasteiger partial charge in [0.05, 0.1) is 22.8 Å². The maximum atomic E-state index is 12.9. The normalized spacial score (nSPS) is 12.9. The number of hydrogen-bond acceptors (Lipinski definition) is 5. The van der Waals surface area contributed by atoms with E-state index in [0.29, 0.717) is 27.3 Å². The van der Waals surface area contributed by atoms with Gasteiger partial charge in [-0.15, -0.1) is 0 Å². The molecule has 2 aromatic heterocycles. The topological polar surface area (TPSA) is 55.1 Å². The molecule has 0 unspecified atom stereocenters. The molecule has 0 aliphatic rings. The monoisotopic (exact) mass is 436 g/mol. The Labute approximate surface area is 176 Å². The highest BCUT2D eigenvalue weighted by molar-refractivity contribution is 7.99. The summed E-state index contributed by atoms with van der Waals surface area (Å²) in [6, 6.07) is 5.73. The molecule has 0 fully saturated rings. The van der Waals surface area contributed by atoms with Crippen LogP contribution in [0.25, 0.3) is 11.0 Å². The van der Waals surface area contributed by atoms with Crippen LogP contribution < -0.4 is 10.7 Å². The maximum Gasteiger partial charge on any atom is 0.433 e.